The standard InChI is InChI=1S/C31H21NP.Os/c1-4-12-23(13-5-1)29-21-20-28-27-19-11-10-14-24(27)22-30(31(28)32-29)33(25-15-6-2-7-16-25)26-17-8-3-9-18-26;/h1-12,14-22H;/q-1;+1/p+1. The minimum atomic E-state index is -1.26. The molecule has 1 aromatic heterocycles. The molecule has 0 aliphatic heterocycles. The van der Waals surface area contributed by atoms with E-state index in [1.165, 1.54) is 32.1 Å². The third kappa shape index (κ3) is 4.21. The van der Waals surface area contributed by atoms with Crippen LogP contribution in [0.3, 0.4) is 0 Å². The molecule has 0 fully saturated rings. The average Bonchev–Trinajstić information content (AvgIpc) is 2.90. The molecule has 0 atom stereocenters. The van der Waals surface area contributed by atoms with Crippen LogP contribution < -0.4 is 15.9 Å². The molecule has 34 heavy (non-hydrogen) atoms. The molecule has 1 radical (unpaired) electrons. The van der Waals surface area contributed by atoms with Gasteiger partial charge >= 0.3 is 19.8 Å². The van der Waals surface area contributed by atoms with Gasteiger partial charge in [-0.3, -0.25) is 4.98 Å². The monoisotopic (exact) mass is 631 g/mol. The number of nitrogens with zero attached hydrogens (tertiary/aromatic N) is 1. The van der Waals surface area contributed by atoms with Gasteiger partial charge in [0, 0.05) is 5.39 Å². The van der Waals surface area contributed by atoms with Gasteiger partial charge in [0.15, 0.2) is 0 Å². The van der Waals surface area contributed by atoms with E-state index in [9.17, 15) is 0 Å². The molecule has 0 spiro atoms. The molecule has 0 unspecified atom stereocenters. The summed E-state index contributed by atoms with van der Waals surface area (Å²) in [6, 6.07) is 48.6. The van der Waals surface area contributed by atoms with Crippen molar-refractivity contribution in [3.05, 3.63) is 133 Å². The molecule has 1 heterocycles. The second kappa shape index (κ2) is 9.99. The van der Waals surface area contributed by atoms with Gasteiger partial charge in [-0.2, -0.15) is 0 Å². The van der Waals surface area contributed by atoms with Crippen LogP contribution in [0.2, 0.25) is 0 Å². The minimum absolute atomic E-state index is 0. The molecule has 0 saturated carbocycles. The topological polar surface area (TPSA) is 12.9 Å². The molecule has 163 valence electrons. The van der Waals surface area contributed by atoms with E-state index in [4.69, 9.17) is 4.98 Å². The Hall–Kier alpha value is -3.16. The predicted octanol–water partition coefficient (Wildman–Crippen LogP) is 6.34. The first-order chi connectivity index (χ1) is 16.4. The van der Waals surface area contributed by atoms with Crippen molar-refractivity contribution in [2.45, 2.75) is 0 Å². The number of rotatable bonds is 4. The fraction of sp³-hybridized carbons (Fsp3) is 0. The first-order valence-corrected chi connectivity index (χ1v) is 12.7. The van der Waals surface area contributed by atoms with Crippen LogP contribution >= 0.6 is 7.92 Å². The maximum atomic E-state index is 5.26. The van der Waals surface area contributed by atoms with Gasteiger partial charge in [-0.25, -0.2) is 0 Å². The van der Waals surface area contributed by atoms with Crippen LogP contribution in [0.4, 0.5) is 0 Å². The molecule has 0 amide bonds. The Morgan fingerprint density at radius 2 is 1.24 bits per heavy atom. The largest absolute Gasteiger partial charge is 1.00 e. The van der Waals surface area contributed by atoms with Gasteiger partial charge in [0.2, 0.25) is 0 Å². The molecular weight excluding hydrogens is 608 g/mol. The third-order valence-electron chi connectivity index (χ3n) is 6.08. The summed E-state index contributed by atoms with van der Waals surface area (Å²) >= 11 is 0. The maximum Gasteiger partial charge on any atom is 1.00 e. The Kier molecular flexibility index (Phi) is 6.65. The van der Waals surface area contributed by atoms with E-state index in [0.717, 1.165) is 16.8 Å². The number of hydrogen-bond donors (Lipinski definition) is 0. The Labute approximate surface area is 214 Å². The minimum Gasteiger partial charge on any atom is -0.292 e. The van der Waals surface area contributed by atoms with Crippen LogP contribution in [-0.2, 0) is 19.8 Å². The second-order valence-electron chi connectivity index (χ2n) is 8.12. The normalized spacial score (nSPS) is 11.0. The van der Waals surface area contributed by atoms with Gasteiger partial charge in [-0.1, -0.05) is 72.8 Å². The van der Waals surface area contributed by atoms with Gasteiger partial charge < -0.3 is 0 Å². The zero-order valence-corrected chi connectivity index (χ0v) is 22.0. The van der Waals surface area contributed by atoms with Crippen molar-refractivity contribution in [2.75, 3.05) is 0 Å². The van der Waals surface area contributed by atoms with Gasteiger partial charge in [0.05, 0.1) is 0 Å². The molecule has 5 aromatic carbocycles. The van der Waals surface area contributed by atoms with Crippen molar-refractivity contribution >= 4 is 45.5 Å². The zero-order valence-electron chi connectivity index (χ0n) is 18.4. The fourth-order valence-corrected chi connectivity index (χ4v) is 7.29. The molecule has 0 aliphatic rings. The summed E-state index contributed by atoms with van der Waals surface area (Å²) in [5, 5.41) is 7.76. The summed E-state index contributed by atoms with van der Waals surface area (Å²) in [4.78, 5) is 5.26. The van der Waals surface area contributed by atoms with Gasteiger partial charge in [0.25, 0.3) is 0 Å². The van der Waals surface area contributed by atoms with Crippen LogP contribution in [0, 0.1) is 6.07 Å². The summed E-state index contributed by atoms with van der Waals surface area (Å²) < 4.78 is 0. The molecular formula is C31H22NOsP+. The van der Waals surface area contributed by atoms with Crippen LogP contribution in [0.5, 0.6) is 0 Å². The van der Waals surface area contributed by atoms with E-state index in [2.05, 4.69) is 115 Å². The smallest absolute Gasteiger partial charge is 0.292 e. The molecule has 6 aromatic rings. The van der Waals surface area contributed by atoms with E-state index in [1.54, 1.807) is 0 Å². The van der Waals surface area contributed by atoms with E-state index < -0.39 is 7.92 Å². The Balaban J connectivity index is 0.00000241. The number of aromatic nitrogens is 1. The Bertz CT molecular complexity index is 1510. The summed E-state index contributed by atoms with van der Waals surface area (Å²) in [7, 11) is -1.26. The average molecular weight is 630 g/mol. The molecule has 0 N–H and O–H groups in total. The Morgan fingerprint density at radius 3 is 1.91 bits per heavy atom. The Morgan fingerprint density at radius 1 is 0.588 bits per heavy atom. The van der Waals surface area contributed by atoms with Crippen LogP contribution in [0.1, 0.15) is 0 Å². The second-order valence-corrected chi connectivity index (χ2v) is 10.6. The first-order valence-electron chi connectivity index (χ1n) is 11.2. The van der Waals surface area contributed by atoms with Gasteiger partial charge in [-0.15, -0.1) is 35.9 Å². The van der Waals surface area contributed by atoms with E-state index in [0.29, 0.717) is 0 Å². The first kappa shape index (κ1) is 22.6. The molecule has 1 nitrogen and oxygen atoms in total. The van der Waals surface area contributed by atoms with Crippen LogP contribution in [0.15, 0.2) is 127 Å². The number of fused-ring (bicyclic) bond motifs is 3. The van der Waals surface area contributed by atoms with E-state index in [-0.39, 0.29) is 19.8 Å². The number of benzene rings is 5. The van der Waals surface area contributed by atoms with E-state index in [1.807, 2.05) is 18.2 Å². The van der Waals surface area contributed by atoms with Crippen molar-refractivity contribution in [3.8, 4) is 11.3 Å². The molecule has 0 bridgehead atoms. The van der Waals surface area contributed by atoms with Crippen LogP contribution in [0.25, 0.3) is 32.9 Å². The molecule has 0 aliphatic carbocycles. The van der Waals surface area contributed by atoms with Crippen molar-refractivity contribution < 1.29 is 19.8 Å². The number of hydrogen-bond acceptors (Lipinski definition) is 1. The van der Waals surface area contributed by atoms with E-state index >= 15 is 0 Å². The molecule has 3 heteroatoms. The summed E-state index contributed by atoms with van der Waals surface area (Å²) in [6.07, 6.45) is 0. The number of pyridine rings is 1. The molecule has 6 rings (SSSR count). The van der Waals surface area contributed by atoms with Crippen molar-refractivity contribution in [3.63, 3.8) is 0 Å². The van der Waals surface area contributed by atoms with Crippen molar-refractivity contribution in [1.29, 1.82) is 0 Å². The van der Waals surface area contributed by atoms with Crippen molar-refractivity contribution in [2.24, 2.45) is 0 Å². The quantitative estimate of drug-likeness (QED) is 0.126. The maximum absolute atomic E-state index is 5.26. The summed E-state index contributed by atoms with van der Waals surface area (Å²) in [6.45, 7) is 0. The van der Waals surface area contributed by atoms with Crippen LogP contribution in [-0.4, -0.2) is 4.98 Å². The fourth-order valence-electron chi connectivity index (χ4n) is 4.55. The van der Waals surface area contributed by atoms with Gasteiger partial charge in [0.1, 0.15) is 29.4 Å². The zero-order chi connectivity index (χ0) is 22.0. The SMILES string of the molecule is [Os+].[c-]1ccccc1-c1ccc2c(n1)c([PH+](c1ccccc1)c1ccccc1)cc1ccccc12. The summed E-state index contributed by atoms with van der Waals surface area (Å²) in [5.41, 5.74) is 3.07. The van der Waals surface area contributed by atoms with Gasteiger partial charge in [-0.05, 0) is 46.8 Å². The third-order valence-corrected chi connectivity index (χ3v) is 8.82. The molecule has 0 saturated heterocycles. The predicted molar refractivity (Wildman–Crippen MR) is 144 cm³/mol. The van der Waals surface area contributed by atoms with Crippen molar-refractivity contribution in [1.82, 2.24) is 4.98 Å². The summed E-state index contributed by atoms with van der Waals surface area (Å²) in [5.74, 6) is 0.